The second-order valence-electron chi connectivity index (χ2n) is 8.23. The highest BCUT2D eigenvalue weighted by atomic mass is 32.2. The second kappa shape index (κ2) is 9.76. The van der Waals surface area contributed by atoms with Gasteiger partial charge in [0.05, 0.1) is 34.8 Å². The number of rotatable bonds is 8. The van der Waals surface area contributed by atoms with Crippen molar-refractivity contribution in [1.82, 2.24) is 13.6 Å². The molecular weight excluding hydrogens is 462 g/mol. The average molecular weight is 490 g/mol. The lowest BCUT2D eigenvalue weighted by molar-refractivity contribution is 0.288. The highest BCUT2D eigenvalue weighted by molar-refractivity contribution is 7.89. The van der Waals surface area contributed by atoms with Gasteiger partial charge in [-0.1, -0.05) is 13.0 Å². The maximum Gasteiger partial charge on any atom is 0.243 e. The zero-order chi connectivity index (χ0) is 23.5. The van der Waals surface area contributed by atoms with Crippen LogP contribution in [-0.4, -0.2) is 43.5 Å². The molecule has 2 aromatic heterocycles. The van der Waals surface area contributed by atoms with E-state index in [1.165, 1.54) is 39.1 Å². The van der Waals surface area contributed by atoms with E-state index in [0.717, 1.165) is 12.8 Å². The highest BCUT2D eigenvalue weighted by Gasteiger charge is 2.30. The molecule has 1 aliphatic rings. The minimum absolute atomic E-state index is 0.0104. The Hall–Kier alpha value is -2.53. The van der Waals surface area contributed by atoms with E-state index in [1.54, 1.807) is 36.5 Å². The summed E-state index contributed by atoms with van der Waals surface area (Å²) in [6, 6.07) is 14.1. The topological polar surface area (TPSA) is 101 Å². The van der Waals surface area contributed by atoms with E-state index in [4.69, 9.17) is 4.42 Å². The summed E-state index contributed by atoms with van der Waals surface area (Å²) in [5.41, 5.74) is 0.589. The largest absolute Gasteiger partial charge is 0.468 e. The predicted octanol–water partition coefficient (Wildman–Crippen LogP) is 3.49. The van der Waals surface area contributed by atoms with Gasteiger partial charge < -0.3 is 4.42 Å². The average Bonchev–Trinajstić information content (AvgIpc) is 3.33. The summed E-state index contributed by atoms with van der Waals surface area (Å²) in [4.78, 5) is 4.34. The molecule has 0 atom stereocenters. The molecule has 0 bridgehead atoms. The lowest BCUT2D eigenvalue weighted by Crippen LogP contribution is -2.37. The number of pyridine rings is 1. The van der Waals surface area contributed by atoms with E-state index in [1.807, 2.05) is 0 Å². The first-order valence-corrected chi connectivity index (χ1v) is 13.7. The number of hydrogen-bond donors (Lipinski definition) is 0. The van der Waals surface area contributed by atoms with Gasteiger partial charge in [-0.2, -0.15) is 8.61 Å². The molecule has 0 N–H and O–H groups in total. The number of sulfonamides is 2. The van der Waals surface area contributed by atoms with Crippen molar-refractivity contribution in [3.8, 4) is 0 Å². The third-order valence-corrected chi connectivity index (χ3v) is 9.54. The molecule has 10 heteroatoms. The smallest absolute Gasteiger partial charge is 0.243 e. The van der Waals surface area contributed by atoms with Gasteiger partial charge in [0.25, 0.3) is 0 Å². The van der Waals surface area contributed by atoms with Crippen molar-refractivity contribution in [2.75, 3.05) is 13.1 Å². The summed E-state index contributed by atoms with van der Waals surface area (Å²) in [6.07, 6.45) is 4.73. The molecule has 8 nitrogen and oxygen atoms in total. The normalized spacial score (nSPS) is 16.3. The standard InChI is InChI=1S/C23H27N3O5S2/c1-19-11-14-25(15-12-19)32(27,28)22-7-9-23(10-8-22)33(29,30)26(18-21-6-4-16-31-21)17-20-5-2-3-13-24-20/h2-10,13,16,19H,11-12,14-15,17-18H2,1H3. The van der Waals surface area contributed by atoms with Gasteiger partial charge in [0.2, 0.25) is 20.0 Å². The summed E-state index contributed by atoms with van der Waals surface area (Å²) >= 11 is 0. The molecule has 1 saturated heterocycles. The fourth-order valence-corrected chi connectivity index (χ4v) is 6.63. The number of benzene rings is 1. The van der Waals surface area contributed by atoms with Crippen LogP contribution in [0.2, 0.25) is 0 Å². The van der Waals surface area contributed by atoms with Crippen molar-refractivity contribution < 1.29 is 21.3 Å². The van der Waals surface area contributed by atoms with E-state index >= 15 is 0 Å². The van der Waals surface area contributed by atoms with Gasteiger partial charge in [-0.3, -0.25) is 4.98 Å². The molecule has 0 unspecified atom stereocenters. The third kappa shape index (κ3) is 5.35. The van der Waals surface area contributed by atoms with Gasteiger partial charge in [-0.15, -0.1) is 0 Å². The molecule has 4 rings (SSSR count). The molecule has 176 valence electrons. The molecule has 0 amide bonds. The van der Waals surface area contributed by atoms with E-state index in [2.05, 4.69) is 11.9 Å². The molecule has 33 heavy (non-hydrogen) atoms. The Kier molecular flexibility index (Phi) is 6.99. The minimum Gasteiger partial charge on any atom is -0.468 e. The fraction of sp³-hybridized carbons (Fsp3) is 0.348. The van der Waals surface area contributed by atoms with Crippen LogP contribution in [0.1, 0.15) is 31.2 Å². The van der Waals surface area contributed by atoms with Crippen LogP contribution < -0.4 is 0 Å². The number of nitrogens with zero attached hydrogens (tertiary/aromatic N) is 3. The zero-order valence-electron chi connectivity index (χ0n) is 18.4. The van der Waals surface area contributed by atoms with Gasteiger partial charge in [0.1, 0.15) is 5.76 Å². The van der Waals surface area contributed by atoms with Gasteiger partial charge in [-0.05, 0) is 67.3 Å². The van der Waals surface area contributed by atoms with E-state index in [-0.39, 0.29) is 22.9 Å². The number of hydrogen-bond acceptors (Lipinski definition) is 6. The third-order valence-electron chi connectivity index (χ3n) is 5.82. The first-order chi connectivity index (χ1) is 15.8. The maximum absolute atomic E-state index is 13.5. The Morgan fingerprint density at radius 3 is 2.24 bits per heavy atom. The second-order valence-corrected chi connectivity index (χ2v) is 12.1. The molecular formula is C23H27N3O5S2. The van der Waals surface area contributed by atoms with Crippen molar-refractivity contribution >= 4 is 20.0 Å². The highest BCUT2D eigenvalue weighted by Crippen LogP contribution is 2.26. The molecule has 0 radical (unpaired) electrons. The van der Waals surface area contributed by atoms with Crippen molar-refractivity contribution in [1.29, 1.82) is 0 Å². The predicted molar refractivity (Wildman–Crippen MR) is 123 cm³/mol. The number of piperidine rings is 1. The first kappa shape index (κ1) is 23.6. The van der Waals surface area contributed by atoms with Gasteiger partial charge >= 0.3 is 0 Å². The van der Waals surface area contributed by atoms with Crippen LogP contribution in [0.15, 0.2) is 81.3 Å². The first-order valence-electron chi connectivity index (χ1n) is 10.8. The summed E-state index contributed by atoms with van der Waals surface area (Å²) in [5, 5.41) is 0. The fourth-order valence-electron chi connectivity index (χ4n) is 3.78. The zero-order valence-corrected chi connectivity index (χ0v) is 20.0. The Bertz CT molecular complexity index is 1250. The molecule has 0 spiro atoms. The maximum atomic E-state index is 13.5. The molecule has 1 aromatic carbocycles. The van der Waals surface area contributed by atoms with Gasteiger partial charge in [0.15, 0.2) is 0 Å². The van der Waals surface area contributed by atoms with Crippen molar-refractivity contribution in [2.24, 2.45) is 5.92 Å². The lowest BCUT2D eigenvalue weighted by atomic mass is 10.0. The van der Waals surface area contributed by atoms with E-state index in [9.17, 15) is 16.8 Å². The van der Waals surface area contributed by atoms with E-state index < -0.39 is 20.0 Å². The van der Waals surface area contributed by atoms with Crippen LogP contribution in [0, 0.1) is 5.92 Å². The number of furan rings is 1. The molecule has 3 heterocycles. The van der Waals surface area contributed by atoms with Crippen LogP contribution in [0.4, 0.5) is 0 Å². The minimum atomic E-state index is -3.94. The van der Waals surface area contributed by atoms with Crippen LogP contribution in [-0.2, 0) is 33.1 Å². The monoisotopic (exact) mass is 489 g/mol. The Morgan fingerprint density at radius 1 is 0.939 bits per heavy atom. The molecule has 0 saturated carbocycles. The van der Waals surface area contributed by atoms with Crippen LogP contribution in [0.25, 0.3) is 0 Å². The quantitative estimate of drug-likeness (QED) is 0.480. The molecule has 1 aliphatic heterocycles. The van der Waals surface area contributed by atoms with Gasteiger partial charge in [0, 0.05) is 19.3 Å². The Morgan fingerprint density at radius 2 is 1.64 bits per heavy atom. The SMILES string of the molecule is CC1CCN(S(=O)(=O)c2ccc(S(=O)(=O)N(Cc3ccccn3)Cc3ccco3)cc2)CC1. The van der Waals surface area contributed by atoms with Crippen LogP contribution >= 0.6 is 0 Å². The molecule has 3 aromatic rings. The molecule has 1 fully saturated rings. The summed E-state index contributed by atoms with van der Waals surface area (Å²) in [6.45, 7) is 3.14. The molecule has 0 aliphatic carbocycles. The van der Waals surface area contributed by atoms with Crippen molar-refractivity contribution in [3.05, 3.63) is 78.5 Å². The number of aromatic nitrogens is 1. The summed E-state index contributed by atoms with van der Waals surface area (Å²) in [5.74, 6) is 0.997. The van der Waals surface area contributed by atoms with Crippen molar-refractivity contribution in [2.45, 2.75) is 42.6 Å². The van der Waals surface area contributed by atoms with E-state index in [0.29, 0.717) is 30.5 Å². The Labute approximate surface area is 195 Å². The lowest BCUT2D eigenvalue weighted by Gasteiger charge is -2.29. The Balaban J connectivity index is 1.59. The van der Waals surface area contributed by atoms with Crippen molar-refractivity contribution in [3.63, 3.8) is 0 Å². The van der Waals surface area contributed by atoms with Gasteiger partial charge in [-0.25, -0.2) is 16.8 Å². The van der Waals surface area contributed by atoms with Crippen LogP contribution in [0.3, 0.4) is 0 Å². The summed E-state index contributed by atoms with van der Waals surface area (Å²) in [7, 11) is -7.60. The summed E-state index contributed by atoms with van der Waals surface area (Å²) < 4.78 is 61.0. The van der Waals surface area contributed by atoms with Crippen LogP contribution in [0.5, 0.6) is 0 Å².